The van der Waals surface area contributed by atoms with Crippen molar-refractivity contribution in [1.29, 1.82) is 0 Å². The maximum absolute atomic E-state index is 12.1. The second-order valence-corrected chi connectivity index (χ2v) is 7.20. The van der Waals surface area contributed by atoms with Gasteiger partial charge in [0.25, 0.3) is 0 Å². The highest BCUT2D eigenvalue weighted by molar-refractivity contribution is 9.10. The van der Waals surface area contributed by atoms with Crippen molar-refractivity contribution in [1.82, 2.24) is 0 Å². The van der Waals surface area contributed by atoms with Crippen molar-refractivity contribution in [2.24, 2.45) is 0 Å². The Hall–Kier alpha value is -1.86. The van der Waals surface area contributed by atoms with Gasteiger partial charge < -0.3 is 11.1 Å². The van der Waals surface area contributed by atoms with Crippen molar-refractivity contribution in [3.05, 3.63) is 53.0 Å². The van der Waals surface area contributed by atoms with E-state index in [0.29, 0.717) is 15.8 Å². The fourth-order valence-electron chi connectivity index (χ4n) is 1.71. The Bertz CT molecular complexity index is 775. The highest BCUT2D eigenvalue weighted by Gasteiger charge is 2.20. The largest absolute Gasteiger partial charge is 0.399 e. The van der Waals surface area contributed by atoms with Crippen LogP contribution in [0.1, 0.15) is 0 Å². The fourth-order valence-corrected chi connectivity index (χ4v) is 3.28. The SMILES string of the molecule is Nc1cccc(S(=O)(=O)CC(=O)Nc2ccccc2Br)c1. The van der Waals surface area contributed by atoms with Gasteiger partial charge in [-0.2, -0.15) is 0 Å². The first kappa shape index (κ1) is 15.5. The van der Waals surface area contributed by atoms with Gasteiger partial charge in [0.1, 0.15) is 5.75 Å². The van der Waals surface area contributed by atoms with E-state index in [0.717, 1.165) is 0 Å². The van der Waals surface area contributed by atoms with Gasteiger partial charge in [-0.25, -0.2) is 8.42 Å². The van der Waals surface area contributed by atoms with E-state index >= 15 is 0 Å². The number of anilines is 2. The van der Waals surface area contributed by atoms with Crippen LogP contribution < -0.4 is 11.1 Å². The van der Waals surface area contributed by atoms with Crippen LogP contribution in [0.5, 0.6) is 0 Å². The predicted molar refractivity (Wildman–Crippen MR) is 85.7 cm³/mol. The standard InChI is InChI=1S/C14H13BrN2O3S/c15-12-6-1-2-7-13(12)17-14(18)9-21(19,20)11-5-3-4-10(16)8-11/h1-8H,9,16H2,(H,17,18). The molecule has 0 bridgehead atoms. The van der Waals surface area contributed by atoms with E-state index in [4.69, 9.17) is 5.73 Å². The fraction of sp³-hybridized carbons (Fsp3) is 0.0714. The summed E-state index contributed by atoms with van der Waals surface area (Å²) in [5, 5.41) is 2.55. The van der Waals surface area contributed by atoms with Crippen molar-refractivity contribution < 1.29 is 13.2 Å². The zero-order valence-electron chi connectivity index (χ0n) is 10.9. The van der Waals surface area contributed by atoms with Crippen LogP contribution >= 0.6 is 15.9 Å². The van der Waals surface area contributed by atoms with Crippen molar-refractivity contribution in [2.45, 2.75) is 4.90 Å². The number of rotatable bonds is 4. The molecule has 0 radical (unpaired) electrons. The summed E-state index contributed by atoms with van der Waals surface area (Å²) >= 11 is 3.28. The van der Waals surface area contributed by atoms with E-state index in [2.05, 4.69) is 21.2 Å². The lowest BCUT2D eigenvalue weighted by molar-refractivity contribution is -0.113. The Kier molecular flexibility index (Phi) is 4.64. The molecule has 0 spiro atoms. The molecule has 0 aromatic heterocycles. The third kappa shape index (κ3) is 4.05. The molecule has 0 unspecified atom stereocenters. The molecule has 0 heterocycles. The number of nitrogen functional groups attached to an aromatic ring is 1. The van der Waals surface area contributed by atoms with Gasteiger partial charge in [-0.05, 0) is 46.3 Å². The van der Waals surface area contributed by atoms with E-state index < -0.39 is 21.5 Å². The van der Waals surface area contributed by atoms with Crippen LogP contribution in [0.2, 0.25) is 0 Å². The molecule has 0 fully saturated rings. The Morgan fingerprint density at radius 2 is 1.86 bits per heavy atom. The molecule has 0 saturated heterocycles. The van der Waals surface area contributed by atoms with Crippen LogP contribution in [0.3, 0.4) is 0 Å². The minimum absolute atomic E-state index is 0.0322. The summed E-state index contributed by atoms with van der Waals surface area (Å²) in [7, 11) is -3.72. The number of amides is 1. The van der Waals surface area contributed by atoms with E-state index in [-0.39, 0.29) is 4.90 Å². The molecule has 21 heavy (non-hydrogen) atoms. The van der Waals surface area contributed by atoms with Crippen molar-refractivity contribution in [3.63, 3.8) is 0 Å². The predicted octanol–water partition coefficient (Wildman–Crippen LogP) is 2.44. The number of sulfone groups is 1. The van der Waals surface area contributed by atoms with Crippen LogP contribution in [-0.2, 0) is 14.6 Å². The summed E-state index contributed by atoms with van der Waals surface area (Å²) in [4.78, 5) is 11.9. The second kappa shape index (κ2) is 6.28. The van der Waals surface area contributed by atoms with E-state index in [1.807, 2.05) is 0 Å². The summed E-state index contributed by atoms with van der Waals surface area (Å²) in [5.74, 6) is -1.25. The Balaban J connectivity index is 2.14. The second-order valence-electron chi connectivity index (χ2n) is 4.36. The van der Waals surface area contributed by atoms with Crippen molar-refractivity contribution in [3.8, 4) is 0 Å². The molecular formula is C14H13BrN2O3S. The van der Waals surface area contributed by atoms with Gasteiger partial charge in [-0.1, -0.05) is 18.2 Å². The number of carbonyl (C=O) groups is 1. The molecule has 110 valence electrons. The van der Waals surface area contributed by atoms with Crippen molar-refractivity contribution >= 4 is 43.0 Å². The van der Waals surface area contributed by atoms with Crippen LogP contribution in [0.4, 0.5) is 11.4 Å². The summed E-state index contributed by atoms with van der Waals surface area (Å²) < 4.78 is 25.0. The van der Waals surface area contributed by atoms with Crippen LogP contribution in [0.25, 0.3) is 0 Å². The number of carbonyl (C=O) groups excluding carboxylic acids is 1. The Morgan fingerprint density at radius 1 is 1.14 bits per heavy atom. The smallest absolute Gasteiger partial charge is 0.239 e. The third-order valence-electron chi connectivity index (χ3n) is 2.69. The first-order chi connectivity index (χ1) is 9.88. The number of nitrogens with one attached hydrogen (secondary N) is 1. The number of nitrogens with two attached hydrogens (primary N) is 1. The molecule has 1 amide bonds. The Morgan fingerprint density at radius 3 is 2.52 bits per heavy atom. The molecule has 7 heteroatoms. The number of benzene rings is 2. The van der Waals surface area contributed by atoms with E-state index in [9.17, 15) is 13.2 Å². The molecule has 0 aliphatic rings. The summed E-state index contributed by atoms with van der Waals surface area (Å²) in [6.07, 6.45) is 0. The minimum Gasteiger partial charge on any atom is -0.399 e. The molecule has 3 N–H and O–H groups in total. The number of hydrogen-bond acceptors (Lipinski definition) is 4. The lowest BCUT2D eigenvalue weighted by Gasteiger charge is -2.08. The van der Waals surface area contributed by atoms with E-state index in [1.165, 1.54) is 18.2 Å². The topological polar surface area (TPSA) is 89.3 Å². The lowest BCUT2D eigenvalue weighted by atomic mass is 10.3. The van der Waals surface area contributed by atoms with Gasteiger partial charge in [0.15, 0.2) is 9.84 Å². The molecule has 2 aromatic rings. The first-order valence-corrected chi connectivity index (χ1v) is 8.46. The number of para-hydroxylation sites is 1. The maximum atomic E-state index is 12.1. The zero-order chi connectivity index (χ0) is 15.5. The van der Waals surface area contributed by atoms with Gasteiger partial charge in [0.2, 0.25) is 5.91 Å². The molecule has 5 nitrogen and oxygen atoms in total. The molecule has 0 atom stereocenters. The molecular weight excluding hydrogens is 356 g/mol. The normalized spacial score (nSPS) is 11.1. The molecule has 2 aromatic carbocycles. The Labute approximate surface area is 131 Å². The first-order valence-electron chi connectivity index (χ1n) is 6.01. The van der Waals surface area contributed by atoms with Crippen LogP contribution in [0, 0.1) is 0 Å². The van der Waals surface area contributed by atoms with Gasteiger partial charge in [-0.15, -0.1) is 0 Å². The molecule has 0 saturated carbocycles. The van der Waals surface area contributed by atoms with Gasteiger partial charge in [0.05, 0.1) is 10.6 Å². The minimum atomic E-state index is -3.72. The quantitative estimate of drug-likeness (QED) is 0.811. The summed E-state index contributed by atoms with van der Waals surface area (Å²) in [5.41, 5.74) is 6.41. The average molecular weight is 369 g/mol. The van der Waals surface area contributed by atoms with Gasteiger partial charge in [-0.3, -0.25) is 4.79 Å². The van der Waals surface area contributed by atoms with Crippen LogP contribution in [-0.4, -0.2) is 20.1 Å². The molecule has 2 rings (SSSR count). The monoisotopic (exact) mass is 368 g/mol. The van der Waals surface area contributed by atoms with Gasteiger partial charge >= 0.3 is 0 Å². The third-order valence-corrected chi connectivity index (χ3v) is 4.99. The highest BCUT2D eigenvalue weighted by Crippen LogP contribution is 2.21. The van der Waals surface area contributed by atoms with E-state index in [1.54, 1.807) is 30.3 Å². The maximum Gasteiger partial charge on any atom is 0.239 e. The number of halogens is 1. The van der Waals surface area contributed by atoms with Gasteiger partial charge in [0, 0.05) is 10.2 Å². The van der Waals surface area contributed by atoms with Crippen LogP contribution in [0.15, 0.2) is 57.9 Å². The summed E-state index contributed by atoms with van der Waals surface area (Å²) in [6, 6.07) is 12.8. The average Bonchev–Trinajstić information content (AvgIpc) is 2.41. The van der Waals surface area contributed by atoms with Crippen molar-refractivity contribution in [2.75, 3.05) is 16.8 Å². The highest BCUT2D eigenvalue weighted by atomic mass is 79.9. The molecule has 0 aliphatic heterocycles. The molecule has 0 aliphatic carbocycles. The lowest BCUT2D eigenvalue weighted by Crippen LogP contribution is -2.23. The zero-order valence-corrected chi connectivity index (χ0v) is 13.3. The summed E-state index contributed by atoms with van der Waals surface area (Å²) in [6.45, 7) is 0. The number of hydrogen-bond donors (Lipinski definition) is 2.